The number of carbonyl (C=O) groups is 1. The van der Waals surface area contributed by atoms with Gasteiger partial charge in [-0.05, 0) is 38.8 Å². The van der Waals surface area contributed by atoms with Gasteiger partial charge in [0, 0.05) is 6.04 Å². The summed E-state index contributed by atoms with van der Waals surface area (Å²) in [6, 6.07) is 0.258. The maximum Gasteiger partial charge on any atom is 0.234 e. The molecular formula is C12H25N3O. The Balaban J connectivity index is 2.72. The number of rotatable bonds is 5. The predicted octanol–water partition coefficient (Wildman–Crippen LogP) is 0.700. The molecular weight excluding hydrogens is 202 g/mol. The molecule has 0 radical (unpaired) electrons. The molecule has 1 aliphatic carbocycles. The monoisotopic (exact) mass is 227 g/mol. The van der Waals surface area contributed by atoms with Crippen molar-refractivity contribution >= 4 is 5.91 Å². The molecule has 4 heteroatoms. The zero-order valence-electron chi connectivity index (χ0n) is 10.5. The van der Waals surface area contributed by atoms with E-state index >= 15 is 0 Å². The van der Waals surface area contributed by atoms with E-state index in [2.05, 4.69) is 11.8 Å². The molecule has 1 saturated carbocycles. The van der Waals surface area contributed by atoms with Crippen LogP contribution in [0.2, 0.25) is 0 Å². The van der Waals surface area contributed by atoms with Crippen molar-refractivity contribution in [2.24, 2.45) is 17.4 Å². The third kappa shape index (κ3) is 2.95. The van der Waals surface area contributed by atoms with Crippen LogP contribution in [0.5, 0.6) is 0 Å². The molecule has 0 aromatic heterocycles. The molecule has 3 atom stereocenters. The van der Waals surface area contributed by atoms with E-state index in [1.54, 1.807) is 0 Å². The van der Waals surface area contributed by atoms with Crippen LogP contribution in [0.4, 0.5) is 0 Å². The summed E-state index contributed by atoms with van der Waals surface area (Å²) in [5.74, 6) is 0.290. The van der Waals surface area contributed by atoms with Gasteiger partial charge in [-0.25, -0.2) is 0 Å². The van der Waals surface area contributed by atoms with Gasteiger partial charge in [-0.15, -0.1) is 0 Å². The Morgan fingerprint density at radius 3 is 2.56 bits per heavy atom. The van der Waals surface area contributed by atoms with Gasteiger partial charge in [0.05, 0.1) is 6.04 Å². The zero-order chi connectivity index (χ0) is 12.1. The zero-order valence-corrected chi connectivity index (χ0v) is 10.5. The third-order valence-electron chi connectivity index (χ3n) is 3.87. The largest absolute Gasteiger partial charge is 0.368 e. The van der Waals surface area contributed by atoms with Crippen LogP contribution in [0.15, 0.2) is 0 Å². The van der Waals surface area contributed by atoms with Gasteiger partial charge in [0.15, 0.2) is 0 Å². The second-order valence-electron chi connectivity index (χ2n) is 4.76. The summed E-state index contributed by atoms with van der Waals surface area (Å²) in [5, 5.41) is 0. The second-order valence-corrected chi connectivity index (χ2v) is 4.76. The molecule has 4 nitrogen and oxygen atoms in total. The number of likely N-dealkylation sites (N-methyl/N-ethyl adjacent to an activating group) is 1. The number of carbonyl (C=O) groups excluding carboxylic acids is 1. The van der Waals surface area contributed by atoms with Gasteiger partial charge in [-0.3, -0.25) is 9.69 Å². The maximum absolute atomic E-state index is 11.3. The van der Waals surface area contributed by atoms with Gasteiger partial charge in [-0.2, -0.15) is 0 Å². The van der Waals surface area contributed by atoms with Crippen LogP contribution in [-0.4, -0.2) is 36.0 Å². The fourth-order valence-corrected chi connectivity index (χ4v) is 2.86. The molecule has 0 aliphatic heterocycles. The van der Waals surface area contributed by atoms with E-state index in [0.717, 1.165) is 13.0 Å². The van der Waals surface area contributed by atoms with Crippen LogP contribution in [0.3, 0.4) is 0 Å². The van der Waals surface area contributed by atoms with E-state index in [1.165, 1.54) is 19.3 Å². The quantitative estimate of drug-likeness (QED) is 0.726. The van der Waals surface area contributed by atoms with Gasteiger partial charge < -0.3 is 11.5 Å². The Bertz CT molecular complexity index is 232. The summed E-state index contributed by atoms with van der Waals surface area (Å²) in [4.78, 5) is 13.5. The Morgan fingerprint density at radius 2 is 2.06 bits per heavy atom. The molecule has 0 aromatic carbocycles. The molecule has 4 N–H and O–H groups in total. The van der Waals surface area contributed by atoms with Crippen LogP contribution in [0.25, 0.3) is 0 Å². The highest BCUT2D eigenvalue weighted by atomic mass is 16.1. The number of nitrogens with two attached hydrogens (primary N) is 2. The van der Waals surface area contributed by atoms with Crippen LogP contribution in [0, 0.1) is 5.92 Å². The molecule has 1 amide bonds. The average Bonchev–Trinajstić information content (AvgIpc) is 2.30. The fraction of sp³-hybridized carbons (Fsp3) is 0.917. The molecule has 3 unspecified atom stereocenters. The van der Waals surface area contributed by atoms with E-state index in [1.807, 2.05) is 6.92 Å². The minimum absolute atomic E-state index is 0.179. The average molecular weight is 227 g/mol. The first-order chi connectivity index (χ1) is 7.61. The highest BCUT2D eigenvalue weighted by Crippen LogP contribution is 2.28. The minimum Gasteiger partial charge on any atom is -0.368 e. The first-order valence-corrected chi connectivity index (χ1v) is 6.36. The molecule has 16 heavy (non-hydrogen) atoms. The standard InChI is InChI=1S/C12H25N3O/c1-3-15(9(2)12(14)16)11-7-5-4-6-10(11)8-13/h9-11H,3-8,13H2,1-2H3,(H2,14,16). The summed E-state index contributed by atoms with van der Waals surface area (Å²) < 4.78 is 0. The number of hydrogen-bond donors (Lipinski definition) is 2. The Morgan fingerprint density at radius 1 is 1.44 bits per heavy atom. The van der Waals surface area contributed by atoms with Crippen LogP contribution in [0.1, 0.15) is 39.5 Å². The molecule has 0 spiro atoms. The number of hydrogen-bond acceptors (Lipinski definition) is 3. The summed E-state index contributed by atoms with van der Waals surface area (Å²) in [6.07, 6.45) is 4.83. The Labute approximate surface area is 98.3 Å². The van der Waals surface area contributed by atoms with Gasteiger partial charge in [-0.1, -0.05) is 19.8 Å². The lowest BCUT2D eigenvalue weighted by Crippen LogP contribution is -2.52. The normalized spacial score (nSPS) is 28.0. The topological polar surface area (TPSA) is 72.3 Å². The van der Waals surface area contributed by atoms with Crippen LogP contribution in [-0.2, 0) is 4.79 Å². The molecule has 0 aromatic rings. The third-order valence-corrected chi connectivity index (χ3v) is 3.87. The summed E-state index contributed by atoms with van der Waals surface area (Å²) in [7, 11) is 0. The first-order valence-electron chi connectivity index (χ1n) is 6.36. The first kappa shape index (κ1) is 13.5. The van der Waals surface area contributed by atoms with E-state index in [4.69, 9.17) is 11.5 Å². The molecule has 1 rings (SSSR count). The van der Waals surface area contributed by atoms with E-state index in [9.17, 15) is 4.79 Å². The molecule has 1 aliphatic rings. The summed E-state index contributed by atoms with van der Waals surface area (Å²) in [6.45, 7) is 5.56. The van der Waals surface area contributed by atoms with Crippen molar-refractivity contribution in [2.75, 3.05) is 13.1 Å². The highest BCUT2D eigenvalue weighted by molar-refractivity contribution is 5.79. The molecule has 1 fully saturated rings. The Kier molecular flexibility index (Phi) is 5.22. The molecule has 0 heterocycles. The van der Waals surface area contributed by atoms with Crippen molar-refractivity contribution < 1.29 is 4.79 Å². The van der Waals surface area contributed by atoms with Gasteiger partial charge in [0.25, 0.3) is 0 Å². The fourth-order valence-electron chi connectivity index (χ4n) is 2.86. The van der Waals surface area contributed by atoms with Crippen molar-refractivity contribution in [3.05, 3.63) is 0 Å². The van der Waals surface area contributed by atoms with Gasteiger partial charge >= 0.3 is 0 Å². The number of primary amides is 1. The minimum atomic E-state index is -0.233. The van der Waals surface area contributed by atoms with Crippen LogP contribution < -0.4 is 11.5 Å². The summed E-state index contributed by atoms with van der Waals surface area (Å²) in [5.41, 5.74) is 11.2. The lowest BCUT2D eigenvalue weighted by atomic mass is 9.83. The van der Waals surface area contributed by atoms with Crippen molar-refractivity contribution in [3.63, 3.8) is 0 Å². The summed E-state index contributed by atoms with van der Waals surface area (Å²) >= 11 is 0. The Hall–Kier alpha value is -0.610. The highest BCUT2D eigenvalue weighted by Gasteiger charge is 2.32. The molecule has 0 saturated heterocycles. The van der Waals surface area contributed by atoms with Crippen molar-refractivity contribution in [3.8, 4) is 0 Å². The maximum atomic E-state index is 11.3. The SMILES string of the molecule is CCN(C(C)C(N)=O)C1CCCCC1CN. The second kappa shape index (κ2) is 6.21. The van der Waals surface area contributed by atoms with Gasteiger partial charge in [0.2, 0.25) is 5.91 Å². The van der Waals surface area contributed by atoms with Crippen LogP contribution >= 0.6 is 0 Å². The lowest BCUT2D eigenvalue weighted by molar-refractivity contribution is -0.124. The number of nitrogens with zero attached hydrogens (tertiary/aromatic N) is 1. The van der Waals surface area contributed by atoms with Crippen molar-refractivity contribution in [1.82, 2.24) is 4.90 Å². The number of amides is 1. The van der Waals surface area contributed by atoms with E-state index in [0.29, 0.717) is 18.5 Å². The van der Waals surface area contributed by atoms with E-state index in [-0.39, 0.29) is 11.9 Å². The van der Waals surface area contributed by atoms with Crippen molar-refractivity contribution in [2.45, 2.75) is 51.6 Å². The predicted molar refractivity (Wildman–Crippen MR) is 65.8 cm³/mol. The molecule has 94 valence electrons. The molecule has 0 bridgehead atoms. The van der Waals surface area contributed by atoms with E-state index < -0.39 is 0 Å². The van der Waals surface area contributed by atoms with Crippen molar-refractivity contribution in [1.29, 1.82) is 0 Å². The lowest BCUT2D eigenvalue weighted by Gasteiger charge is -2.41. The van der Waals surface area contributed by atoms with Gasteiger partial charge in [0.1, 0.15) is 0 Å². The smallest absolute Gasteiger partial charge is 0.234 e.